The highest BCUT2D eigenvalue weighted by molar-refractivity contribution is 5.35. The van der Waals surface area contributed by atoms with Crippen molar-refractivity contribution in [2.75, 3.05) is 6.61 Å². The van der Waals surface area contributed by atoms with Gasteiger partial charge in [0, 0.05) is 6.61 Å². The lowest BCUT2D eigenvalue weighted by atomic mass is 9.48. The van der Waals surface area contributed by atoms with Gasteiger partial charge in [-0.2, -0.15) is 0 Å². The standard InChI is InChI=1S/C21H32O/c1-20-12-4-3-5-15(20)6-8-17-18-9-7-16(11-14-22)21(18,2)13-10-19(17)20/h5-6,8,16-19,22H,3-4,7,9-14H2,1-2H3/t16-,17+,18+,19+,20+,21-/m1/s1. The molecule has 6 atom stereocenters. The van der Waals surface area contributed by atoms with E-state index in [0.717, 1.165) is 30.1 Å². The monoisotopic (exact) mass is 300 g/mol. The Hall–Kier alpha value is -0.560. The number of rotatable bonds is 2. The molecule has 2 fully saturated rings. The van der Waals surface area contributed by atoms with Crippen LogP contribution in [0.25, 0.3) is 0 Å². The van der Waals surface area contributed by atoms with E-state index in [1.54, 1.807) is 5.57 Å². The zero-order valence-corrected chi connectivity index (χ0v) is 14.4. The molecule has 22 heavy (non-hydrogen) atoms. The van der Waals surface area contributed by atoms with E-state index in [1.165, 1.54) is 44.9 Å². The molecule has 0 unspecified atom stereocenters. The summed E-state index contributed by atoms with van der Waals surface area (Å²) in [5.74, 6) is 3.28. The topological polar surface area (TPSA) is 20.2 Å². The van der Waals surface area contributed by atoms with Gasteiger partial charge < -0.3 is 5.11 Å². The summed E-state index contributed by atoms with van der Waals surface area (Å²) >= 11 is 0. The van der Waals surface area contributed by atoms with Crippen LogP contribution in [0.2, 0.25) is 0 Å². The summed E-state index contributed by atoms with van der Waals surface area (Å²) in [6, 6.07) is 0. The van der Waals surface area contributed by atoms with Crippen molar-refractivity contribution in [1.29, 1.82) is 0 Å². The molecular formula is C21H32O. The van der Waals surface area contributed by atoms with E-state index < -0.39 is 0 Å². The highest BCUT2D eigenvalue weighted by Crippen LogP contribution is 2.65. The van der Waals surface area contributed by atoms with Crippen molar-refractivity contribution < 1.29 is 5.11 Å². The van der Waals surface area contributed by atoms with Gasteiger partial charge in [0.05, 0.1) is 0 Å². The predicted octanol–water partition coefficient (Wildman–Crippen LogP) is 5.11. The smallest absolute Gasteiger partial charge is 0.0433 e. The summed E-state index contributed by atoms with van der Waals surface area (Å²) < 4.78 is 0. The Morgan fingerprint density at radius 2 is 2.00 bits per heavy atom. The average molecular weight is 300 g/mol. The van der Waals surface area contributed by atoms with Crippen LogP contribution in [0.15, 0.2) is 23.8 Å². The van der Waals surface area contributed by atoms with E-state index in [2.05, 4.69) is 32.1 Å². The fraction of sp³-hybridized carbons (Fsp3) is 0.810. The molecule has 0 aliphatic heterocycles. The molecule has 2 saturated carbocycles. The number of allylic oxidation sites excluding steroid dienone is 4. The third-order valence-corrected chi connectivity index (χ3v) is 8.25. The average Bonchev–Trinajstić information content (AvgIpc) is 2.84. The highest BCUT2D eigenvalue weighted by Gasteiger charge is 2.57. The minimum absolute atomic E-state index is 0.377. The fourth-order valence-electron chi connectivity index (χ4n) is 6.92. The fourth-order valence-corrected chi connectivity index (χ4v) is 6.92. The normalized spacial score (nSPS) is 50.0. The van der Waals surface area contributed by atoms with E-state index >= 15 is 0 Å². The third kappa shape index (κ3) is 1.94. The van der Waals surface area contributed by atoms with E-state index in [-0.39, 0.29) is 0 Å². The number of aliphatic hydroxyl groups is 1. The van der Waals surface area contributed by atoms with Gasteiger partial charge in [-0.3, -0.25) is 0 Å². The number of fused-ring (bicyclic) bond motifs is 5. The molecule has 0 aromatic carbocycles. The Labute approximate surface area is 135 Å². The molecule has 0 aromatic heterocycles. The SMILES string of the molecule is C[C@]12CC[C@H]3[C@@H](C=CC4=CCCC[C@@]43C)[C@@H]1CC[C@@H]2CCO. The summed E-state index contributed by atoms with van der Waals surface area (Å²) in [5.41, 5.74) is 2.59. The maximum atomic E-state index is 9.44. The van der Waals surface area contributed by atoms with Crippen molar-refractivity contribution in [3.05, 3.63) is 23.8 Å². The van der Waals surface area contributed by atoms with Crippen molar-refractivity contribution in [1.82, 2.24) is 0 Å². The second-order valence-corrected chi connectivity index (χ2v) is 8.95. The van der Waals surface area contributed by atoms with Crippen LogP contribution in [0.1, 0.15) is 65.2 Å². The molecule has 4 aliphatic carbocycles. The number of hydrogen-bond donors (Lipinski definition) is 1. The minimum atomic E-state index is 0.377. The Morgan fingerprint density at radius 3 is 2.82 bits per heavy atom. The molecule has 1 nitrogen and oxygen atoms in total. The minimum Gasteiger partial charge on any atom is -0.396 e. The van der Waals surface area contributed by atoms with Gasteiger partial charge in [0.15, 0.2) is 0 Å². The molecule has 1 N–H and O–H groups in total. The Kier molecular flexibility index (Phi) is 3.56. The van der Waals surface area contributed by atoms with E-state index in [4.69, 9.17) is 0 Å². The molecule has 0 bridgehead atoms. The molecule has 1 heteroatoms. The summed E-state index contributed by atoms with van der Waals surface area (Å²) in [7, 11) is 0. The van der Waals surface area contributed by atoms with Crippen LogP contribution in [0.3, 0.4) is 0 Å². The first-order chi connectivity index (χ1) is 10.6. The molecule has 0 saturated heterocycles. The van der Waals surface area contributed by atoms with Gasteiger partial charge in [0.2, 0.25) is 0 Å². The van der Waals surface area contributed by atoms with Crippen LogP contribution >= 0.6 is 0 Å². The maximum absolute atomic E-state index is 9.44. The lowest BCUT2D eigenvalue weighted by Gasteiger charge is -2.56. The Balaban J connectivity index is 1.67. The summed E-state index contributed by atoms with van der Waals surface area (Å²) in [5, 5.41) is 9.44. The third-order valence-electron chi connectivity index (χ3n) is 8.25. The summed E-state index contributed by atoms with van der Waals surface area (Å²) in [6.45, 7) is 5.48. The van der Waals surface area contributed by atoms with Gasteiger partial charge in [-0.15, -0.1) is 0 Å². The molecular weight excluding hydrogens is 268 g/mol. The van der Waals surface area contributed by atoms with Crippen LogP contribution in [-0.4, -0.2) is 11.7 Å². The van der Waals surface area contributed by atoms with Crippen molar-refractivity contribution >= 4 is 0 Å². The first-order valence-corrected chi connectivity index (χ1v) is 9.59. The quantitative estimate of drug-likeness (QED) is 0.751. The van der Waals surface area contributed by atoms with Crippen LogP contribution in [0.4, 0.5) is 0 Å². The predicted molar refractivity (Wildman–Crippen MR) is 91.4 cm³/mol. The molecule has 0 radical (unpaired) electrons. The van der Waals surface area contributed by atoms with Gasteiger partial charge in [-0.1, -0.05) is 32.1 Å². The van der Waals surface area contributed by atoms with Gasteiger partial charge in [-0.25, -0.2) is 0 Å². The van der Waals surface area contributed by atoms with Crippen LogP contribution in [0.5, 0.6) is 0 Å². The lowest BCUT2D eigenvalue weighted by molar-refractivity contribution is -0.0189. The first kappa shape index (κ1) is 15.0. The largest absolute Gasteiger partial charge is 0.396 e. The molecule has 4 rings (SSSR count). The molecule has 122 valence electrons. The van der Waals surface area contributed by atoms with Crippen molar-refractivity contribution in [2.45, 2.75) is 65.2 Å². The maximum Gasteiger partial charge on any atom is 0.0433 e. The summed E-state index contributed by atoms with van der Waals surface area (Å²) in [4.78, 5) is 0. The van der Waals surface area contributed by atoms with E-state index in [0.29, 0.717) is 17.4 Å². The second kappa shape index (κ2) is 5.23. The van der Waals surface area contributed by atoms with Crippen molar-refractivity contribution in [3.63, 3.8) is 0 Å². The number of hydrogen-bond acceptors (Lipinski definition) is 1. The molecule has 0 heterocycles. The molecule has 4 aliphatic rings. The summed E-state index contributed by atoms with van der Waals surface area (Å²) in [6.07, 6.45) is 18.2. The van der Waals surface area contributed by atoms with E-state index in [9.17, 15) is 5.11 Å². The highest BCUT2D eigenvalue weighted by atomic mass is 16.3. The Bertz CT molecular complexity index is 504. The molecule has 0 amide bonds. The van der Waals surface area contributed by atoms with Crippen LogP contribution in [-0.2, 0) is 0 Å². The van der Waals surface area contributed by atoms with Crippen molar-refractivity contribution in [2.24, 2.45) is 34.5 Å². The van der Waals surface area contributed by atoms with Crippen LogP contribution in [0, 0.1) is 34.5 Å². The Morgan fingerprint density at radius 1 is 1.14 bits per heavy atom. The zero-order valence-electron chi connectivity index (χ0n) is 14.4. The first-order valence-electron chi connectivity index (χ1n) is 9.59. The van der Waals surface area contributed by atoms with Gasteiger partial charge in [0.1, 0.15) is 0 Å². The van der Waals surface area contributed by atoms with Crippen molar-refractivity contribution in [3.8, 4) is 0 Å². The van der Waals surface area contributed by atoms with Crippen LogP contribution < -0.4 is 0 Å². The van der Waals surface area contributed by atoms with E-state index in [1.807, 2.05) is 0 Å². The van der Waals surface area contributed by atoms with Gasteiger partial charge in [0.25, 0.3) is 0 Å². The van der Waals surface area contributed by atoms with Gasteiger partial charge in [-0.05, 0) is 91.4 Å². The lowest BCUT2D eigenvalue weighted by Crippen LogP contribution is -2.48. The second-order valence-electron chi connectivity index (χ2n) is 8.95. The molecule has 0 spiro atoms. The number of aliphatic hydroxyl groups excluding tert-OH is 1. The van der Waals surface area contributed by atoms with Gasteiger partial charge >= 0.3 is 0 Å². The molecule has 0 aromatic rings. The zero-order chi connectivity index (χ0) is 15.4.